The Labute approximate surface area is 94.8 Å². The third-order valence-electron chi connectivity index (χ3n) is 2.03. The average Bonchev–Trinajstić information content (AvgIpc) is 2.72. The highest BCUT2D eigenvalue weighted by Crippen LogP contribution is 2.13. The summed E-state index contributed by atoms with van der Waals surface area (Å²) in [6.45, 7) is 0. The number of amides is 1. The normalized spacial score (nSPS) is 10.2. The lowest BCUT2D eigenvalue weighted by molar-refractivity contribution is 0.100. The van der Waals surface area contributed by atoms with Crippen LogP contribution in [0.2, 0.25) is 0 Å². The summed E-state index contributed by atoms with van der Waals surface area (Å²) in [7, 11) is 0. The van der Waals surface area contributed by atoms with Crippen molar-refractivity contribution >= 4 is 11.6 Å². The predicted octanol–water partition coefficient (Wildman–Crippen LogP) is 1.14. The standard InChI is InChI=1S/C10H8F2N4O/c11-8-2-1-7(3-9(8)12)15-16-5-6(4-14-16)10(13)17/h1-5,15H,(H2,13,17). The highest BCUT2D eigenvalue weighted by molar-refractivity contribution is 5.92. The molecule has 17 heavy (non-hydrogen) atoms. The van der Waals surface area contributed by atoms with Gasteiger partial charge in [-0.05, 0) is 12.1 Å². The van der Waals surface area contributed by atoms with Crippen molar-refractivity contribution in [2.45, 2.75) is 0 Å². The van der Waals surface area contributed by atoms with Gasteiger partial charge in [0.2, 0.25) is 0 Å². The molecule has 1 aromatic carbocycles. The van der Waals surface area contributed by atoms with E-state index in [2.05, 4.69) is 10.5 Å². The Bertz CT molecular complexity index is 567. The number of carbonyl (C=O) groups is 1. The summed E-state index contributed by atoms with van der Waals surface area (Å²) < 4.78 is 25.6. The van der Waals surface area contributed by atoms with Crippen LogP contribution < -0.4 is 11.2 Å². The second kappa shape index (κ2) is 4.20. The Balaban J connectivity index is 2.19. The van der Waals surface area contributed by atoms with Crippen LogP contribution in [-0.4, -0.2) is 15.8 Å². The highest BCUT2D eigenvalue weighted by atomic mass is 19.2. The minimum Gasteiger partial charge on any atom is -0.365 e. The van der Waals surface area contributed by atoms with Crippen molar-refractivity contribution in [2.75, 3.05) is 5.43 Å². The molecule has 1 heterocycles. The molecule has 0 aliphatic rings. The molecule has 5 nitrogen and oxygen atoms in total. The number of nitrogens with two attached hydrogens (primary N) is 1. The first kappa shape index (κ1) is 11.1. The van der Waals surface area contributed by atoms with Gasteiger partial charge in [0.1, 0.15) is 0 Å². The van der Waals surface area contributed by atoms with E-state index in [-0.39, 0.29) is 5.56 Å². The monoisotopic (exact) mass is 238 g/mol. The molecule has 0 saturated heterocycles. The Kier molecular flexibility index (Phi) is 2.73. The van der Waals surface area contributed by atoms with Crippen LogP contribution in [0.1, 0.15) is 10.4 Å². The summed E-state index contributed by atoms with van der Waals surface area (Å²) >= 11 is 0. The summed E-state index contributed by atoms with van der Waals surface area (Å²) in [4.78, 5) is 12.0. The van der Waals surface area contributed by atoms with Gasteiger partial charge >= 0.3 is 0 Å². The number of carbonyl (C=O) groups excluding carboxylic acids is 1. The summed E-state index contributed by atoms with van der Waals surface area (Å²) in [5.74, 6) is -2.53. The van der Waals surface area contributed by atoms with Gasteiger partial charge in [0.15, 0.2) is 11.6 Å². The van der Waals surface area contributed by atoms with Crippen LogP contribution in [0.5, 0.6) is 0 Å². The lowest BCUT2D eigenvalue weighted by Crippen LogP contribution is -2.12. The summed E-state index contributed by atoms with van der Waals surface area (Å²) in [6.07, 6.45) is 2.60. The number of benzene rings is 1. The van der Waals surface area contributed by atoms with E-state index >= 15 is 0 Å². The van der Waals surface area contributed by atoms with Crippen LogP contribution in [0.15, 0.2) is 30.6 Å². The predicted molar refractivity (Wildman–Crippen MR) is 56.1 cm³/mol. The van der Waals surface area contributed by atoms with E-state index in [1.54, 1.807) is 0 Å². The average molecular weight is 238 g/mol. The molecule has 0 unspecified atom stereocenters. The molecule has 0 fully saturated rings. The van der Waals surface area contributed by atoms with Gasteiger partial charge in [0, 0.05) is 6.07 Å². The maximum absolute atomic E-state index is 12.9. The first-order chi connectivity index (χ1) is 8.06. The maximum atomic E-state index is 12.9. The fourth-order valence-electron chi connectivity index (χ4n) is 1.21. The summed E-state index contributed by atoms with van der Waals surface area (Å²) in [5, 5.41) is 3.77. The highest BCUT2D eigenvalue weighted by Gasteiger charge is 2.05. The zero-order valence-corrected chi connectivity index (χ0v) is 8.52. The molecule has 88 valence electrons. The van der Waals surface area contributed by atoms with Crippen molar-refractivity contribution < 1.29 is 13.6 Å². The van der Waals surface area contributed by atoms with Crippen molar-refractivity contribution in [3.8, 4) is 0 Å². The number of aromatic nitrogens is 2. The smallest absolute Gasteiger partial charge is 0.251 e. The molecule has 0 aliphatic heterocycles. The van der Waals surface area contributed by atoms with E-state index in [0.29, 0.717) is 5.69 Å². The minimum absolute atomic E-state index is 0.208. The Morgan fingerprint density at radius 1 is 1.35 bits per heavy atom. The Hall–Kier alpha value is -2.44. The number of primary amides is 1. The number of anilines is 1. The molecule has 2 rings (SSSR count). The molecule has 0 aliphatic carbocycles. The van der Waals surface area contributed by atoms with Gasteiger partial charge in [0.25, 0.3) is 5.91 Å². The Morgan fingerprint density at radius 3 is 2.71 bits per heavy atom. The van der Waals surface area contributed by atoms with E-state index in [1.165, 1.54) is 23.3 Å². The topological polar surface area (TPSA) is 72.9 Å². The van der Waals surface area contributed by atoms with Crippen molar-refractivity contribution in [3.05, 3.63) is 47.8 Å². The zero-order chi connectivity index (χ0) is 12.4. The summed E-state index contributed by atoms with van der Waals surface area (Å²) in [5.41, 5.74) is 8.18. The van der Waals surface area contributed by atoms with Crippen molar-refractivity contribution in [3.63, 3.8) is 0 Å². The van der Waals surface area contributed by atoms with Gasteiger partial charge in [-0.15, -0.1) is 0 Å². The Morgan fingerprint density at radius 2 is 2.12 bits per heavy atom. The molecule has 0 radical (unpaired) electrons. The van der Waals surface area contributed by atoms with E-state index in [0.717, 1.165) is 12.1 Å². The van der Waals surface area contributed by atoms with E-state index < -0.39 is 17.5 Å². The second-order valence-electron chi connectivity index (χ2n) is 3.28. The molecule has 1 aromatic heterocycles. The van der Waals surface area contributed by atoms with Gasteiger partial charge in [-0.25, -0.2) is 8.78 Å². The second-order valence-corrected chi connectivity index (χ2v) is 3.28. The molecule has 0 spiro atoms. The lowest BCUT2D eigenvalue weighted by atomic mass is 10.3. The number of hydrogen-bond donors (Lipinski definition) is 2. The number of nitrogens with zero attached hydrogens (tertiary/aromatic N) is 2. The van der Waals surface area contributed by atoms with E-state index in [1.807, 2.05) is 0 Å². The fraction of sp³-hybridized carbons (Fsp3) is 0. The van der Waals surface area contributed by atoms with Crippen LogP contribution in [-0.2, 0) is 0 Å². The third-order valence-corrected chi connectivity index (χ3v) is 2.03. The largest absolute Gasteiger partial charge is 0.365 e. The molecule has 0 atom stereocenters. The molecule has 0 saturated carbocycles. The van der Waals surface area contributed by atoms with Crippen molar-refractivity contribution in [1.29, 1.82) is 0 Å². The van der Waals surface area contributed by atoms with Gasteiger partial charge < -0.3 is 5.73 Å². The number of nitrogens with one attached hydrogen (secondary N) is 1. The molecular weight excluding hydrogens is 230 g/mol. The summed E-state index contributed by atoms with van der Waals surface area (Å²) in [6, 6.07) is 3.29. The van der Waals surface area contributed by atoms with Gasteiger partial charge in [-0.1, -0.05) is 0 Å². The maximum Gasteiger partial charge on any atom is 0.251 e. The number of halogens is 2. The number of hydrogen-bond acceptors (Lipinski definition) is 3. The quantitative estimate of drug-likeness (QED) is 0.842. The minimum atomic E-state index is -0.975. The fourth-order valence-corrected chi connectivity index (χ4v) is 1.21. The zero-order valence-electron chi connectivity index (χ0n) is 8.52. The van der Waals surface area contributed by atoms with E-state index in [9.17, 15) is 13.6 Å². The van der Waals surface area contributed by atoms with Crippen LogP contribution in [0.4, 0.5) is 14.5 Å². The van der Waals surface area contributed by atoms with Crippen molar-refractivity contribution in [1.82, 2.24) is 9.89 Å². The molecule has 0 bridgehead atoms. The van der Waals surface area contributed by atoms with Crippen LogP contribution in [0.25, 0.3) is 0 Å². The van der Waals surface area contributed by atoms with E-state index in [4.69, 9.17) is 5.73 Å². The molecular formula is C10H8F2N4O. The molecule has 3 N–H and O–H groups in total. The lowest BCUT2D eigenvalue weighted by Gasteiger charge is -2.05. The molecule has 2 aromatic rings. The first-order valence-electron chi connectivity index (χ1n) is 4.63. The molecule has 1 amide bonds. The number of rotatable bonds is 3. The van der Waals surface area contributed by atoms with Gasteiger partial charge in [0.05, 0.1) is 23.6 Å². The van der Waals surface area contributed by atoms with Crippen molar-refractivity contribution in [2.24, 2.45) is 5.73 Å². The van der Waals surface area contributed by atoms with Crippen LogP contribution in [0.3, 0.4) is 0 Å². The third kappa shape index (κ3) is 2.39. The van der Waals surface area contributed by atoms with Gasteiger partial charge in [-0.2, -0.15) is 9.89 Å². The first-order valence-corrected chi connectivity index (χ1v) is 4.63. The van der Waals surface area contributed by atoms with Crippen LogP contribution >= 0.6 is 0 Å². The van der Waals surface area contributed by atoms with Gasteiger partial charge in [-0.3, -0.25) is 10.2 Å². The van der Waals surface area contributed by atoms with Crippen LogP contribution in [0, 0.1) is 11.6 Å². The SMILES string of the molecule is NC(=O)c1cnn(Nc2ccc(F)c(F)c2)c1. The molecule has 7 heteroatoms.